The van der Waals surface area contributed by atoms with Crippen molar-refractivity contribution in [1.29, 1.82) is 5.26 Å². The summed E-state index contributed by atoms with van der Waals surface area (Å²) in [7, 11) is 0. The van der Waals surface area contributed by atoms with Crippen LogP contribution in [0.2, 0.25) is 5.02 Å². The van der Waals surface area contributed by atoms with E-state index in [1.165, 1.54) is 6.08 Å². The molecule has 0 radical (unpaired) electrons. The molecule has 0 aliphatic carbocycles. The smallest absolute Gasteiger partial charge is 0.260 e. The van der Waals surface area contributed by atoms with Gasteiger partial charge in [0, 0.05) is 10.8 Å². The predicted molar refractivity (Wildman–Crippen MR) is 119 cm³/mol. The number of allylic oxidation sites excluding steroid dienone is 2. The van der Waals surface area contributed by atoms with Gasteiger partial charge in [-0.2, -0.15) is 5.26 Å². The number of benzene rings is 2. The second-order valence-corrected chi connectivity index (χ2v) is 7.33. The predicted octanol–water partition coefficient (Wildman–Crippen LogP) is 6.14. The van der Waals surface area contributed by atoms with Gasteiger partial charge in [-0.3, -0.25) is 0 Å². The zero-order chi connectivity index (χ0) is 20.5. The van der Waals surface area contributed by atoms with Crippen LogP contribution in [0, 0.1) is 11.3 Å². The fourth-order valence-electron chi connectivity index (χ4n) is 2.47. The van der Waals surface area contributed by atoms with Crippen molar-refractivity contribution in [1.82, 2.24) is 0 Å². The van der Waals surface area contributed by atoms with E-state index in [0.29, 0.717) is 34.2 Å². The van der Waals surface area contributed by atoms with Gasteiger partial charge in [-0.1, -0.05) is 50.9 Å². The number of alkyl halides is 1. The van der Waals surface area contributed by atoms with E-state index in [9.17, 15) is 10.1 Å². The Kier molecular flexibility index (Phi) is 8.40. The van der Waals surface area contributed by atoms with E-state index in [0.717, 1.165) is 21.1 Å². The number of ether oxygens (including phenoxy) is 1. The SMILES string of the molecule is CC(C)=C/C(Cc1ccc(Cl)c(Oc2cc(C#N)cc(CI)c2)c1)=N\N=C=O. The second-order valence-electron chi connectivity index (χ2n) is 6.16. The molecule has 0 aromatic heterocycles. The van der Waals surface area contributed by atoms with Gasteiger partial charge in [-0.15, -0.1) is 5.10 Å². The second kappa shape index (κ2) is 10.8. The van der Waals surface area contributed by atoms with Gasteiger partial charge in [0.15, 0.2) is 0 Å². The van der Waals surface area contributed by atoms with Gasteiger partial charge in [0.1, 0.15) is 11.5 Å². The minimum absolute atomic E-state index is 0.446. The first-order valence-corrected chi connectivity index (χ1v) is 10.2. The summed E-state index contributed by atoms with van der Waals surface area (Å²) < 4.78 is 6.71. The lowest BCUT2D eigenvalue weighted by Gasteiger charge is -2.11. The van der Waals surface area contributed by atoms with Crippen molar-refractivity contribution in [2.24, 2.45) is 10.2 Å². The Labute approximate surface area is 182 Å². The Hall–Kier alpha value is -2.46. The maximum Gasteiger partial charge on any atom is 0.260 e. The van der Waals surface area contributed by atoms with Crippen molar-refractivity contribution in [3.8, 4) is 17.6 Å². The summed E-state index contributed by atoms with van der Waals surface area (Å²) in [5.41, 5.74) is 4.07. The average molecular weight is 506 g/mol. The number of halogens is 2. The Balaban J connectivity index is 2.34. The van der Waals surface area contributed by atoms with Crippen LogP contribution in [0.1, 0.15) is 30.5 Å². The van der Waals surface area contributed by atoms with Crippen molar-refractivity contribution in [2.45, 2.75) is 24.7 Å². The molecule has 142 valence electrons. The molecule has 0 atom stereocenters. The number of nitrogens with zero attached hydrogens (tertiary/aromatic N) is 3. The van der Waals surface area contributed by atoms with Crippen molar-refractivity contribution < 1.29 is 9.53 Å². The summed E-state index contributed by atoms with van der Waals surface area (Å²) >= 11 is 8.53. The average Bonchev–Trinajstić information content (AvgIpc) is 2.67. The summed E-state index contributed by atoms with van der Waals surface area (Å²) in [6.45, 7) is 3.87. The fourth-order valence-corrected chi connectivity index (χ4v) is 3.06. The quantitative estimate of drug-likeness (QED) is 0.149. The van der Waals surface area contributed by atoms with Gasteiger partial charge >= 0.3 is 0 Å². The Morgan fingerprint density at radius 3 is 2.68 bits per heavy atom. The molecule has 0 spiro atoms. The lowest BCUT2D eigenvalue weighted by molar-refractivity contribution is 0.482. The molecular formula is C21H17ClIN3O2. The summed E-state index contributed by atoms with van der Waals surface area (Å²) in [6, 6.07) is 12.9. The molecule has 0 fully saturated rings. The van der Waals surface area contributed by atoms with Gasteiger partial charge in [0.05, 0.1) is 22.4 Å². The van der Waals surface area contributed by atoms with Crippen LogP contribution in [0.15, 0.2) is 58.3 Å². The molecule has 0 aliphatic rings. The van der Waals surface area contributed by atoms with Crippen LogP contribution in [0.5, 0.6) is 11.5 Å². The first-order valence-electron chi connectivity index (χ1n) is 8.30. The highest BCUT2D eigenvalue weighted by Gasteiger charge is 2.09. The van der Waals surface area contributed by atoms with Crippen molar-refractivity contribution in [3.63, 3.8) is 0 Å². The maximum absolute atomic E-state index is 10.4. The Morgan fingerprint density at radius 1 is 1.25 bits per heavy atom. The fraction of sp³-hybridized carbons (Fsp3) is 0.190. The van der Waals surface area contributed by atoms with E-state index in [1.807, 2.05) is 44.2 Å². The van der Waals surface area contributed by atoms with Crippen LogP contribution in [-0.4, -0.2) is 11.8 Å². The van der Waals surface area contributed by atoms with Gasteiger partial charge in [0.25, 0.3) is 6.08 Å². The van der Waals surface area contributed by atoms with Crippen LogP contribution >= 0.6 is 34.2 Å². The number of carbonyl (C=O) groups excluding carboxylic acids is 1. The van der Waals surface area contributed by atoms with Crippen molar-refractivity contribution in [3.05, 3.63) is 69.8 Å². The lowest BCUT2D eigenvalue weighted by Crippen LogP contribution is -2.00. The number of isocyanates is 1. The van der Waals surface area contributed by atoms with Gasteiger partial charge in [-0.25, -0.2) is 4.79 Å². The monoisotopic (exact) mass is 505 g/mol. The molecule has 0 saturated heterocycles. The third kappa shape index (κ3) is 6.61. The van der Waals surface area contributed by atoms with Crippen molar-refractivity contribution >= 4 is 46.0 Å². The summed E-state index contributed by atoms with van der Waals surface area (Å²) in [4.78, 5) is 10.4. The lowest BCUT2D eigenvalue weighted by atomic mass is 10.1. The standard InChI is InChI=1S/C21H17ClIN3O2/c1-14(2)5-18(26-25-13-27)7-15-3-4-20(22)21(10-15)28-19-8-16(11-23)6-17(9-19)12-24/h3-6,8-10H,7,11H2,1-2H3/b26-18+. The number of rotatable bonds is 7. The largest absolute Gasteiger partial charge is 0.456 e. The van der Waals surface area contributed by atoms with E-state index in [-0.39, 0.29) is 0 Å². The highest BCUT2D eigenvalue weighted by molar-refractivity contribution is 14.1. The van der Waals surface area contributed by atoms with E-state index in [4.69, 9.17) is 16.3 Å². The summed E-state index contributed by atoms with van der Waals surface area (Å²) in [5.74, 6) is 1.03. The molecule has 7 heteroatoms. The van der Waals surface area contributed by atoms with E-state index in [2.05, 4.69) is 38.9 Å². The minimum atomic E-state index is 0.446. The molecule has 0 unspecified atom stereocenters. The van der Waals surface area contributed by atoms with Crippen LogP contribution < -0.4 is 4.74 Å². The molecule has 2 aromatic rings. The van der Waals surface area contributed by atoms with E-state index in [1.54, 1.807) is 12.1 Å². The Morgan fingerprint density at radius 2 is 2.04 bits per heavy atom. The van der Waals surface area contributed by atoms with Gasteiger partial charge < -0.3 is 4.74 Å². The number of nitriles is 1. The topological polar surface area (TPSA) is 74.8 Å². The molecule has 0 heterocycles. The highest BCUT2D eigenvalue weighted by atomic mass is 127. The molecule has 0 aliphatic heterocycles. The van der Waals surface area contributed by atoms with Crippen LogP contribution in [-0.2, 0) is 15.6 Å². The number of hydrogen-bond donors (Lipinski definition) is 0. The van der Waals surface area contributed by atoms with E-state index < -0.39 is 0 Å². The summed E-state index contributed by atoms with van der Waals surface area (Å²) in [5, 5.41) is 16.9. The van der Waals surface area contributed by atoms with Gasteiger partial charge in [-0.05, 0) is 61.4 Å². The third-order valence-electron chi connectivity index (χ3n) is 3.53. The van der Waals surface area contributed by atoms with Crippen LogP contribution in [0.4, 0.5) is 0 Å². The first-order chi connectivity index (χ1) is 13.4. The Bertz CT molecular complexity index is 1010. The molecule has 5 nitrogen and oxygen atoms in total. The summed E-state index contributed by atoms with van der Waals surface area (Å²) in [6.07, 6.45) is 3.71. The third-order valence-corrected chi connectivity index (χ3v) is 4.73. The molecular weight excluding hydrogens is 489 g/mol. The molecule has 0 saturated carbocycles. The molecule has 0 bridgehead atoms. The molecule has 2 aromatic carbocycles. The van der Waals surface area contributed by atoms with E-state index >= 15 is 0 Å². The normalized spacial score (nSPS) is 10.6. The highest BCUT2D eigenvalue weighted by Crippen LogP contribution is 2.32. The molecule has 28 heavy (non-hydrogen) atoms. The van der Waals surface area contributed by atoms with Crippen LogP contribution in [0.3, 0.4) is 0 Å². The first kappa shape index (κ1) is 21.8. The molecule has 0 N–H and O–H groups in total. The molecule has 2 rings (SSSR count). The zero-order valence-electron chi connectivity index (χ0n) is 15.4. The van der Waals surface area contributed by atoms with Crippen LogP contribution in [0.25, 0.3) is 0 Å². The van der Waals surface area contributed by atoms with Crippen molar-refractivity contribution in [2.75, 3.05) is 0 Å². The number of hydrogen-bond acceptors (Lipinski definition) is 5. The van der Waals surface area contributed by atoms with Gasteiger partial charge in [0.2, 0.25) is 0 Å². The molecule has 0 amide bonds. The zero-order valence-corrected chi connectivity index (χ0v) is 18.3. The minimum Gasteiger partial charge on any atom is -0.456 e. The maximum atomic E-state index is 10.4.